The van der Waals surface area contributed by atoms with E-state index in [1.807, 2.05) is 88.3 Å². The van der Waals surface area contributed by atoms with Crippen LogP contribution in [0.3, 0.4) is 0 Å². The number of carbonyl (C=O) groups is 1. The number of aliphatic hydroxyl groups is 1. The fourth-order valence-corrected chi connectivity index (χ4v) is 4.46. The van der Waals surface area contributed by atoms with Gasteiger partial charge in [0.1, 0.15) is 11.9 Å². The van der Waals surface area contributed by atoms with Crippen molar-refractivity contribution in [2.45, 2.75) is 51.8 Å². The van der Waals surface area contributed by atoms with Crippen LogP contribution in [-0.2, 0) is 30.8 Å². The van der Waals surface area contributed by atoms with Crippen LogP contribution in [0, 0.1) is 0 Å². The summed E-state index contributed by atoms with van der Waals surface area (Å²) in [5.74, 6) is 0.817. The van der Waals surface area contributed by atoms with Crippen molar-refractivity contribution in [1.82, 2.24) is 14.1 Å². The first-order valence-corrected chi connectivity index (χ1v) is 12.4. The number of aliphatic hydroxyl groups excluding tert-OH is 1. The molecule has 0 radical (unpaired) electrons. The minimum absolute atomic E-state index is 0.0661. The fourth-order valence-electron chi connectivity index (χ4n) is 4.20. The van der Waals surface area contributed by atoms with E-state index in [1.54, 1.807) is 0 Å². The zero-order valence-corrected chi connectivity index (χ0v) is 20.7. The summed E-state index contributed by atoms with van der Waals surface area (Å²) in [5.41, 5.74) is 3.51. The van der Waals surface area contributed by atoms with E-state index in [9.17, 15) is 9.90 Å². The molecule has 0 fully saturated rings. The molecule has 4 aromatic rings. The van der Waals surface area contributed by atoms with Gasteiger partial charge in [-0.15, -0.1) is 0 Å². The summed E-state index contributed by atoms with van der Waals surface area (Å²) in [5, 5.41) is 13.2. The summed E-state index contributed by atoms with van der Waals surface area (Å²) in [4.78, 5) is 17.7. The van der Waals surface area contributed by atoms with Gasteiger partial charge in [0.25, 0.3) is 0 Å². The SMILES string of the molecule is CCCCc1nc(Cl)c(CO)n1Cc1ccc(NC(=O)[C@H](Cc2ccccc2)n2cccc2)cc1. The highest BCUT2D eigenvalue weighted by molar-refractivity contribution is 6.30. The van der Waals surface area contributed by atoms with Crippen LogP contribution in [0.4, 0.5) is 5.69 Å². The Bertz CT molecular complexity index is 1220. The summed E-state index contributed by atoms with van der Waals surface area (Å²) in [6.07, 6.45) is 7.32. The number of benzene rings is 2. The molecule has 7 heteroatoms. The van der Waals surface area contributed by atoms with Gasteiger partial charge in [-0.2, -0.15) is 0 Å². The first-order valence-electron chi connectivity index (χ1n) is 12.0. The summed E-state index contributed by atoms with van der Waals surface area (Å²) < 4.78 is 3.93. The largest absolute Gasteiger partial charge is 0.390 e. The molecule has 0 unspecified atom stereocenters. The molecule has 0 aliphatic heterocycles. The summed E-state index contributed by atoms with van der Waals surface area (Å²) >= 11 is 6.27. The van der Waals surface area contributed by atoms with E-state index in [-0.39, 0.29) is 18.6 Å². The van der Waals surface area contributed by atoms with Gasteiger partial charge in [-0.3, -0.25) is 4.79 Å². The second kappa shape index (κ2) is 11.9. The second-order valence-corrected chi connectivity index (χ2v) is 8.99. The molecule has 0 aliphatic carbocycles. The van der Waals surface area contributed by atoms with Gasteiger partial charge in [0.2, 0.25) is 5.91 Å². The molecule has 4 rings (SSSR count). The highest BCUT2D eigenvalue weighted by Gasteiger charge is 2.21. The molecule has 0 aliphatic rings. The van der Waals surface area contributed by atoms with Gasteiger partial charge in [0, 0.05) is 37.5 Å². The Labute approximate surface area is 211 Å². The van der Waals surface area contributed by atoms with E-state index in [2.05, 4.69) is 17.2 Å². The molecule has 0 saturated carbocycles. The van der Waals surface area contributed by atoms with E-state index in [0.29, 0.717) is 23.8 Å². The molecule has 0 bridgehead atoms. The average molecular weight is 491 g/mol. The zero-order valence-electron chi connectivity index (χ0n) is 19.9. The van der Waals surface area contributed by atoms with E-state index < -0.39 is 0 Å². The molecule has 35 heavy (non-hydrogen) atoms. The summed E-state index contributed by atoms with van der Waals surface area (Å²) in [6, 6.07) is 21.3. The third kappa shape index (κ3) is 6.21. The number of imidazole rings is 1. The number of amides is 1. The number of carbonyl (C=O) groups excluding carboxylic acids is 1. The van der Waals surface area contributed by atoms with E-state index >= 15 is 0 Å². The summed E-state index contributed by atoms with van der Waals surface area (Å²) in [6.45, 7) is 2.53. The highest BCUT2D eigenvalue weighted by atomic mass is 35.5. The highest BCUT2D eigenvalue weighted by Crippen LogP contribution is 2.22. The number of nitrogens with one attached hydrogen (secondary N) is 1. The molecule has 0 saturated heterocycles. The molecular formula is C28H31ClN4O2. The maximum atomic E-state index is 13.2. The van der Waals surface area contributed by atoms with Crippen LogP contribution in [-0.4, -0.2) is 25.1 Å². The van der Waals surface area contributed by atoms with Crippen LogP contribution in [0.25, 0.3) is 0 Å². The number of anilines is 1. The van der Waals surface area contributed by atoms with Gasteiger partial charge in [-0.1, -0.05) is 67.4 Å². The number of aromatic nitrogens is 3. The molecule has 1 atom stereocenters. The smallest absolute Gasteiger partial charge is 0.247 e. The fraction of sp³-hybridized carbons (Fsp3) is 0.286. The normalized spacial score (nSPS) is 12.0. The van der Waals surface area contributed by atoms with E-state index in [0.717, 1.165) is 41.9 Å². The van der Waals surface area contributed by atoms with Crippen molar-refractivity contribution < 1.29 is 9.90 Å². The molecule has 2 aromatic heterocycles. The van der Waals surface area contributed by atoms with Crippen LogP contribution in [0.15, 0.2) is 79.1 Å². The Morgan fingerprint density at radius 1 is 1.03 bits per heavy atom. The van der Waals surface area contributed by atoms with Crippen molar-refractivity contribution >= 4 is 23.2 Å². The number of aryl methyl sites for hydroxylation is 1. The van der Waals surface area contributed by atoms with Crippen LogP contribution in [0.2, 0.25) is 5.15 Å². The van der Waals surface area contributed by atoms with Gasteiger partial charge in [0.15, 0.2) is 5.15 Å². The molecule has 2 heterocycles. The van der Waals surface area contributed by atoms with Crippen LogP contribution in [0.5, 0.6) is 0 Å². The van der Waals surface area contributed by atoms with Gasteiger partial charge in [0.05, 0.1) is 12.3 Å². The van der Waals surface area contributed by atoms with Crippen molar-refractivity contribution in [3.8, 4) is 0 Å². The van der Waals surface area contributed by atoms with Crippen molar-refractivity contribution in [3.05, 3.63) is 107 Å². The van der Waals surface area contributed by atoms with Gasteiger partial charge in [-0.05, 0) is 41.8 Å². The first kappa shape index (κ1) is 24.8. The number of halogens is 1. The standard InChI is InChI=1S/C28H31ClN4O2/c1-2-3-11-26-31-27(29)25(20-34)33(26)19-22-12-14-23(15-13-22)30-28(35)24(32-16-7-8-17-32)18-21-9-5-4-6-10-21/h4-10,12-17,24,34H,2-3,11,18-20H2,1H3,(H,30,35)/t24-/m0/s1. The molecule has 6 nitrogen and oxygen atoms in total. The molecule has 2 aromatic carbocycles. The quantitative estimate of drug-likeness (QED) is 0.285. The minimum atomic E-state index is -0.353. The topological polar surface area (TPSA) is 72.1 Å². The molecule has 0 spiro atoms. The third-order valence-electron chi connectivity index (χ3n) is 6.13. The van der Waals surface area contributed by atoms with Crippen LogP contribution < -0.4 is 5.32 Å². The Balaban J connectivity index is 1.47. The van der Waals surface area contributed by atoms with E-state index in [1.165, 1.54) is 0 Å². The van der Waals surface area contributed by atoms with Crippen LogP contribution >= 0.6 is 11.6 Å². The number of rotatable bonds is 11. The lowest BCUT2D eigenvalue weighted by atomic mass is 10.0. The van der Waals surface area contributed by atoms with Gasteiger partial charge < -0.3 is 19.6 Å². The predicted octanol–water partition coefficient (Wildman–Crippen LogP) is 5.64. The Hall–Kier alpha value is -3.35. The maximum absolute atomic E-state index is 13.2. The zero-order chi connectivity index (χ0) is 24.6. The van der Waals surface area contributed by atoms with E-state index in [4.69, 9.17) is 11.6 Å². The number of unbranched alkanes of at least 4 members (excludes halogenated alkanes) is 1. The summed E-state index contributed by atoms with van der Waals surface area (Å²) in [7, 11) is 0. The number of hydrogen-bond donors (Lipinski definition) is 2. The molecule has 1 amide bonds. The van der Waals surface area contributed by atoms with Crippen LogP contribution in [0.1, 0.15) is 48.5 Å². The Morgan fingerprint density at radius 2 is 1.74 bits per heavy atom. The lowest BCUT2D eigenvalue weighted by molar-refractivity contribution is -0.119. The van der Waals surface area contributed by atoms with Crippen molar-refractivity contribution in [3.63, 3.8) is 0 Å². The lowest BCUT2D eigenvalue weighted by Crippen LogP contribution is -2.27. The Kier molecular flexibility index (Phi) is 8.40. The lowest BCUT2D eigenvalue weighted by Gasteiger charge is -2.19. The van der Waals surface area contributed by atoms with Gasteiger partial charge in [-0.25, -0.2) is 4.98 Å². The second-order valence-electron chi connectivity index (χ2n) is 8.64. The van der Waals surface area contributed by atoms with Gasteiger partial charge >= 0.3 is 0 Å². The van der Waals surface area contributed by atoms with Crippen molar-refractivity contribution in [2.75, 3.05) is 5.32 Å². The predicted molar refractivity (Wildman–Crippen MR) is 140 cm³/mol. The minimum Gasteiger partial charge on any atom is -0.390 e. The average Bonchev–Trinajstić information content (AvgIpc) is 3.51. The number of nitrogens with zero attached hydrogens (tertiary/aromatic N) is 3. The maximum Gasteiger partial charge on any atom is 0.247 e. The first-order chi connectivity index (χ1) is 17.1. The van der Waals surface area contributed by atoms with Crippen molar-refractivity contribution in [1.29, 1.82) is 0 Å². The number of hydrogen-bond acceptors (Lipinski definition) is 3. The third-order valence-corrected chi connectivity index (χ3v) is 6.43. The molecule has 2 N–H and O–H groups in total. The molecule has 182 valence electrons. The monoisotopic (exact) mass is 490 g/mol. The Morgan fingerprint density at radius 3 is 2.40 bits per heavy atom. The van der Waals surface area contributed by atoms with Crippen molar-refractivity contribution in [2.24, 2.45) is 0 Å². The molecular weight excluding hydrogens is 460 g/mol.